The summed E-state index contributed by atoms with van der Waals surface area (Å²) in [5.74, 6) is 0. The number of para-hydroxylation sites is 1. The molecule has 0 atom stereocenters. The van der Waals surface area contributed by atoms with Crippen molar-refractivity contribution in [3.05, 3.63) is 34.2 Å². The third-order valence-corrected chi connectivity index (χ3v) is 2.43. The van der Waals surface area contributed by atoms with E-state index in [1.54, 1.807) is 16.7 Å². The molecule has 0 aliphatic rings. The maximum absolute atomic E-state index is 11.6. The van der Waals surface area contributed by atoms with Crippen LogP contribution in [0.1, 0.15) is 30.2 Å². The van der Waals surface area contributed by atoms with Crippen LogP contribution in [-0.2, 0) is 0 Å². The second-order valence-corrected chi connectivity index (χ2v) is 3.75. The van der Waals surface area contributed by atoms with E-state index in [4.69, 9.17) is 0 Å². The second-order valence-electron chi connectivity index (χ2n) is 3.75. The molecule has 1 aromatic carbocycles. The van der Waals surface area contributed by atoms with E-state index in [-0.39, 0.29) is 11.7 Å². The number of aromatic amines is 1. The van der Waals surface area contributed by atoms with Crippen molar-refractivity contribution in [3.8, 4) is 0 Å². The predicted molar refractivity (Wildman–Crippen MR) is 58.3 cm³/mol. The molecule has 15 heavy (non-hydrogen) atoms. The molecule has 0 bridgehead atoms. The summed E-state index contributed by atoms with van der Waals surface area (Å²) in [5, 5.41) is 0. The fourth-order valence-electron chi connectivity index (χ4n) is 1.78. The maximum atomic E-state index is 11.6. The van der Waals surface area contributed by atoms with E-state index in [1.165, 1.54) is 0 Å². The van der Waals surface area contributed by atoms with Crippen LogP contribution in [0.25, 0.3) is 11.0 Å². The molecule has 0 spiro atoms. The number of hydrogen-bond acceptors (Lipinski definition) is 2. The molecule has 0 fully saturated rings. The van der Waals surface area contributed by atoms with Crippen LogP contribution < -0.4 is 5.69 Å². The van der Waals surface area contributed by atoms with Crippen LogP contribution in [0.2, 0.25) is 0 Å². The van der Waals surface area contributed by atoms with E-state index in [9.17, 15) is 9.59 Å². The number of aldehydes is 1. The second kappa shape index (κ2) is 3.38. The van der Waals surface area contributed by atoms with Crippen LogP contribution in [0.3, 0.4) is 0 Å². The number of H-pyrrole nitrogens is 1. The topological polar surface area (TPSA) is 54.9 Å². The number of fused-ring (bicyclic) bond motifs is 1. The molecular weight excluding hydrogens is 192 g/mol. The fourth-order valence-corrected chi connectivity index (χ4v) is 1.78. The molecule has 0 aliphatic heterocycles. The van der Waals surface area contributed by atoms with Crippen molar-refractivity contribution in [1.29, 1.82) is 0 Å². The Kier molecular flexibility index (Phi) is 2.19. The van der Waals surface area contributed by atoms with E-state index in [1.807, 2.05) is 19.9 Å². The minimum Gasteiger partial charge on any atom is -0.305 e. The summed E-state index contributed by atoms with van der Waals surface area (Å²) < 4.78 is 1.64. The molecule has 0 unspecified atom stereocenters. The molecule has 0 radical (unpaired) electrons. The molecule has 1 heterocycles. The Bertz CT molecular complexity index is 563. The van der Waals surface area contributed by atoms with Gasteiger partial charge in [0.05, 0.1) is 11.0 Å². The van der Waals surface area contributed by atoms with Gasteiger partial charge in [0.15, 0.2) is 6.29 Å². The molecule has 1 N–H and O–H groups in total. The van der Waals surface area contributed by atoms with E-state index in [0.29, 0.717) is 11.1 Å². The number of aromatic nitrogens is 2. The highest BCUT2D eigenvalue weighted by Crippen LogP contribution is 2.16. The van der Waals surface area contributed by atoms with Crippen molar-refractivity contribution in [1.82, 2.24) is 9.55 Å². The number of hydrogen-bond donors (Lipinski definition) is 1. The van der Waals surface area contributed by atoms with Gasteiger partial charge in [0, 0.05) is 11.6 Å². The van der Waals surface area contributed by atoms with Gasteiger partial charge in [-0.15, -0.1) is 0 Å². The lowest BCUT2D eigenvalue weighted by molar-refractivity contribution is 0.112. The number of nitrogens with zero attached hydrogens (tertiary/aromatic N) is 1. The summed E-state index contributed by atoms with van der Waals surface area (Å²) in [4.78, 5) is 25.1. The maximum Gasteiger partial charge on any atom is 0.326 e. The first-order valence-electron chi connectivity index (χ1n) is 4.83. The lowest BCUT2D eigenvalue weighted by atomic mass is 10.2. The first-order chi connectivity index (χ1) is 7.15. The summed E-state index contributed by atoms with van der Waals surface area (Å²) in [7, 11) is 0. The average molecular weight is 204 g/mol. The molecule has 0 amide bonds. The third kappa shape index (κ3) is 1.38. The Hall–Kier alpha value is -1.84. The SMILES string of the molecule is CC(C)n1c(=O)[nH]c2c(C=O)cccc21. The molecule has 0 saturated heterocycles. The largest absolute Gasteiger partial charge is 0.326 e. The quantitative estimate of drug-likeness (QED) is 0.757. The average Bonchev–Trinajstić information content (AvgIpc) is 2.53. The Balaban J connectivity index is 2.90. The van der Waals surface area contributed by atoms with Gasteiger partial charge in [-0.05, 0) is 26.0 Å². The summed E-state index contributed by atoms with van der Waals surface area (Å²) in [6, 6.07) is 5.38. The molecule has 1 aromatic heterocycles. The van der Waals surface area contributed by atoms with Gasteiger partial charge in [-0.1, -0.05) is 6.07 Å². The van der Waals surface area contributed by atoms with E-state index in [2.05, 4.69) is 4.98 Å². The normalized spacial score (nSPS) is 11.1. The minimum absolute atomic E-state index is 0.0770. The Morgan fingerprint density at radius 2 is 2.13 bits per heavy atom. The molecule has 4 heteroatoms. The highest BCUT2D eigenvalue weighted by Gasteiger charge is 2.11. The van der Waals surface area contributed by atoms with Gasteiger partial charge in [-0.2, -0.15) is 0 Å². The Labute approximate surface area is 86.5 Å². The van der Waals surface area contributed by atoms with E-state index >= 15 is 0 Å². The van der Waals surface area contributed by atoms with Crippen molar-refractivity contribution >= 4 is 17.3 Å². The summed E-state index contributed by atoms with van der Waals surface area (Å²) in [6.07, 6.45) is 0.753. The number of benzene rings is 1. The van der Waals surface area contributed by atoms with Gasteiger partial charge < -0.3 is 4.98 Å². The lowest BCUT2D eigenvalue weighted by Gasteiger charge is -2.06. The molecule has 0 aliphatic carbocycles. The van der Waals surface area contributed by atoms with Gasteiger partial charge in [0.1, 0.15) is 0 Å². The smallest absolute Gasteiger partial charge is 0.305 e. The highest BCUT2D eigenvalue weighted by atomic mass is 16.1. The summed E-state index contributed by atoms with van der Waals surface area (Å²) in [6.45, 7) is 3.87. The van der Waals surface area contributed by atoms with Crippen LogP contribution >= 0.6 is 0 Å². The minimum atomic E-state index is -0.172. The van der Waals surface area contributed by atoms with Gasteiger partial charge in [0.2, 0.25) is 0 Å². The van der Waals surface area contributed by atoms with Crippen LogP contribution in [0.5, 0.6) is 0 Å². The van der Waals surface area contributed by atoms with Crippen LogP contribution in [0.15, 0.2) is 23.0 Å². The number of carbonyl (C=O) groups excluding carboxylic acids is 1. The Morgan fingerprint density at radius 1 is 1.40 bits per heavy atom. The lowest BCUT2D eigenvalue weighted by Crippen LogP contribution is -2.18. The monoisotopic (exact) mass is 204 g/mol. The molecule has 2 aromatic rings. The van der Waals surface area contributed by atoms with Crippen LogP contribution in [-0.4, -0.2) is 15.8 Å². The Morgan fingerprint density at radius 3 is 2.73 bits per heavy atom. The molecule has 2 rings (SSSR count). The zero-order valence-corrected chi connectivity index (χ0v) is 8.65. The predicted octanol–water partition coefficient (Wildman–Crippen LogP) is 1.72. The zero-order chi connectivity index (χ0) is 11.0. The zero-order valence-electron chi connectivity index (χ0n) is 8.65. The van der Waals surface area contributed by atoms with Gasteiger partial charge >= 0.3 is 5.69 Å². The number of imidazole rings is 1. The van der Waals surface area contributed by atoms with Crippen molar-refractivity contribution in [3.63, 3.8) is 0 Å². The van der Waals surface area contributed by atoms with Crippen LogP contribution in [0, 0.1) is 0 Å². The van der Waals surface area contributed by atoms with E-state index in [0.717, 1.165) is 11.8 Å². The molecular formula is C11H12N2O2. The van der Waals surface area contributed by atoms with E-state index < -0.39 is 0 Å². The fraction of sp³-hybridized carbons (Fsp3) is 0.273. The van der Waals surface area contributed by atoms with Crippen molar-refractivity contribution in [2.75, 3.05) is 0 Å². The highest BCUT2D eigenvalue weighted by molar-refractivity contribution is 5.94. The molecule has 78 valence electrons. The molecule has 0 saturated carbocycles. The number of carbonyl (C=O) groups is 1. The van der Waals surface area contributed by atoms with Crippen LogP contribution in [0.4, 0.5) is 0 Å². The van der Waals surface area contributed by atoms with Gasteiger partial charge in [-0.3, -0.25) is 9.36 Å². The van der Waals surface area contributed by atoms with Crippen molar-refractivity contribution in [2.45, 2.75) is 19.9 Å². The standard InChI is InChI=1S/C11H12N2O2/c1-7(2)13-9-5-3-4-8(6-14)10(9)12-11(13)15/h3-7H,1-2H3,(H,12,15). The number of rotatable bonds is 2. The summed E-state index contributed by atoms with van der Waals surface area (Å²) in [5.41, 5.74) is 1.74. The van der Waals surface area contributed by atoms with Crippen molar-refractivity contribution < 1.29 is 4.79 Å². The first kappa shape index (κ1) is 9.71. The van der Waals surface area contributed by atoms with Crippen molar-refractivity contribution in [2.24, 2.45) is 0 Å². The first-order valence-corrected chi connectivity index (χ1v) is 4.83. The van der Waals surface area contributed by atoms with Gasteiger partial charge in [0.25, 0.3) is 0 Å². The summed E-state index contributed by atoms with van der Waals surface area (Å²) >= 11 is 0. The molecule has 4 nitrogen and oxygen atoms in total. The number of nitrogens with one attached hydrogen (secondary N) is 1. The van der Waals surface area contributed by atoms with Gasteiger partial charge in [-0.25, -0.2) is 4.79 Å². The third-order valence-electron chi connectivity index (χ3n) is 2.43.